The number of nitrogens with one attached hydrogen (secondary N) is 1. The van der Waals surface area contributed by atoms with Crippen molar-refractivity contribution in [3.05, 3.63) is 17.0 Å². The van der Waals surface area contributed by atoms with Gasteiger partial charge in [0.15, 0.2) is 0 Å². The third kappa shape index (κ3) is 3.36. The Morgan fingerprint density at radius 3 is 2.55 bits per heavy atom. The van der Waals surface area contributed by atoms with Crippen molar-refractivity contribution in [2.24, 2.45) is 0 Å². The number of hydrogen-bond donors (Lipinski definition) is 2. The molecule has 0 bridgehead atoms. The summed E-state index contributed by atoms with van der Waals surface area (Å²) in [6, 6.07) is 0.400. The molecule has 0 amide bonds. The molecule has 0 spiro atoms. The maximum absolute atomic E-state index is 10.2. The van der Waals surface area contributed by atoms with Gasteiger partial charge in [0.25, 0.3) is 0 Å². The van der Waals surface area contributed by atoms with Gasteiger partial charge in [-0.1, -0.05) is 19.8 Å². The van der Waals surface area contributed by atoms with Crippen LogP contribution in [0.1, 0.15) is 49.6 Å². The molecule has 2 aliphatic rings. The number of aryl methyl sites for hydroxylation is 1. The molecule has 1 aromatic rings. The standard InChI is InChI=1S/C17H30N4O/c1-3-14-13(2)15(19-18-14)12-20-8-10-21(11-9-20)16-6-4-5-7-17(16)22/h16-17,22H,3-12H2,1-2H3,(H,18,19)/t16-,17-/m1/s1. The molecule has 0 unspecified atom stereocenters. The average Bonchev–Trinajstić information content (AvgIpc) is 2.89. The largest absolute Gasteiger partial charge is 0.391 e. The van der Waals surface area contributed by atoms with Crippen LogP contribution in [0, 0.1) is 6.92 Å². The summed E-state index contributed by atoms with van der Waals surface area (Å²) in [5, 5.41) is 17.8. The number of rotatable bonds is 4. The lowest BCUT2D eigenvalue weighted by molar-refractivity contribution is -0.00491. The van der Waals surface area contributed by atoms with Crippen molar-refractivity contribution >= 4 is 0 Å². The Morgan fingerprint density at radius 2 is 1.91 bits per heavy atom. The van der Waals surface area contributed by atoms with E-state index in [2.05, 4.69) is 33.8 Å². The molecule has 0 aromatic carbocycles. The molecule has 0 radical (unpaired) electrons. The second-order valence-corrected chi connectivity index (χ2v) is 6.86. The number of aliphatic hydroxyl groups is 1. The molecule has 5 nitrogen and oxygen atoms in total. The predicted molar refractivity (Wildman–Crippen MR) is 87.8 cm³/mol. The predicted octanol–water partition coefficient (Wildman–Crippen LogP) is 1.70. The Bertz CT molecular complexity index is 479. The molecule has 1 saturated carbocycles. The number of hydrogen-bond acceptors (Lipinski definition) is 4. The van der Waals surface area contributed by atoms with Gasteiger partial charge in [-0.3, -0.25) is 14.9 Å². The van der Waals surface area contributed by atoms with Gasteiger partial charge in [-0.05, 0) is 31.7 Å². The third-order valence-corrected chi connectivity index (χ3v) is 5.50. The zero-order valence-corrected chi connectivity index (χ0v) is 14.0. The minimum absolute atomic E-state index is 0.109. The van der Waals surface area contributed by atoms with Crippen molar-refractivity contribution < 1.29 is 5.11 Å². The Labute approximate surface area is 133 Å². The highest BCUT2D eigenvalue weighted by Gasteiger charge is 2.30. The van der Waals surface area contributed by atoms with Crippen molar-refractivity contribution in [2.45, 2.75) is 64.6 Å². The molecular formula is C17H30N4O. The second-order valence-electron chi connectivity index (χ2n) is 6.86. The molecule has 22 heavy (non-hydrogen) atoms. The van der Waals surface area contributed by atoms with Gasteiger partial charge < -0.3 is 5.11 Å². The van der Waals surface area contributed by atoms with Crippen molar-refractivity contribution in [1.82, 2.24) is 20.0 Å². The van der Waals surface area contributed by atoms with E-state index in [-0.39, 0.29) is 6.10 Å². The number of nitrogens with zero attached hydrogens (tertiary/aromatic N) is 3. The minimum atomic E-state index is -0.109. The number of aromatic amines is 1. The van der Waals surface area contributed by atoms with E-state index in [1.165, 1.54) is 36.2 Å². The van der Waals surface area contributed by atoms with Crippen molar-refractivity contribution in [3.8, 4) is 0 Å². The molecule has 5 heteroatoms. The smallest absolute Gasteiger partial charge is 0.0695 e. The SMILES string of the molecule is CCc1n[nH]c(CN2CCN([C@@H]3CCCC[C@H]3O)CC2)c1C. The zero-order valence-electron chi connectivity index (χ0n) is 14.0. The molecule has 124 valence electrons. The van der Waals surface area contributed by atoms with Crippen molar-refractivity contribution in [3.63, 3.8) is 0 Å². The molecular weight excluding hydrogens is 276 g/mol. The van der Waals surface area contributed by atoms with E-state index in [4.69, 9.17) is 0 Å². The number of H-pyrrole nitrogens is 1. The Balaban J connectivity index is 1.52. The molecule has 2 heterocycles. The maximum atomic E-state index is 10.2. The van der Waals surface area contributed by atoms with Crippen LogP contribution in [0.3, 0.4) is 0 Å². The first-order chi connectivity index (χ1) is 10.7. The van der Waals surface area contributed by atoms with Crippen molar-refractivity contribution in [1.29, 1.82) is 0 Å². The molecule has 2 fully saturated rings. The van der Waals surface area contributed by atoms with Gasteiger partial charge in [-0.25, -0.2) is 0 Å². The minimum Gasteiger partial charge on any atom is -0.391 e. The molecule has 1 saturated heterocycles. The van der Waals surface area contributed by atoms with Crippen LogP contribution in [0.25, 0.3) is 0 Å². The number of aliphatic hydroxyl groups excluding tert-OH is 1. The zero-order chi connectivity index (χ0) is 15.5. The second kappa shape index (κ2) is 7.11. The van der Waals surface area contributed by atoms with Gasteiger partial charge in [0.05, 0.1) is 17.5 Å². The maximum Gasteiger partial charge on any atom is 0.0695 e. The van der Waals surface area contributed by atoms with Crippen LogP contribution < -0.4 is 0 Å². The fourth-order valence-electron chi connectivity index (χ4n) is 3.97. The third-order valence-electron chi connectivity index (χ3n) is 5.50. The fourth-order valence-corrected chi connectivity index (χ4v) is 3.97. The van der Waals surface area contributed by atoms with Gasteiger partial charge in [-0.15, -0.1) is 0 Å². The summed E-state index contributed by atoms with van der Waals surface area (Å²) < 4.78 is 0. The van der Waals surface area contributed by atoms with Gasteiger partial charge in [-0.2, -0.15) is 5.10 Å². The van der Waals surface area contributed by atoms with Crippen LogP contribution >= 0.6 is 0 Å². The van der Waals surface area contributed by atoms with Crippen LogP contribution in [0.4, 0.5) is 0 Å². The summed E-state index contributed by atoms with van der Waals surface area (Å²) in [5.41, 5.74) is 3.79. The molecule has 1 aliphatic carbocycles. The summed E-state index contributed by atoms with van der Waals surface area (Å²) in [4.78, 5) is 5.02. The van der Waals surface area contributed by atoms with Crippen molar-refractivity contribution in [2.75, 3.05) is 26.2 Å². The highest BCUT2D eigenvalue weighted by atomic mass is 16.3. The average molecular weight is 306 g/mol. The van der Waals surface area contributed by atoms with Crippen LogP contribution in [0.2, 0.25) is 0 Å². The van der Waals surface area contributed by atoms with E-state index in [1.807, 2.05) is 0 Å². The quantitative estimate of drug-likeness (QED) is 0.889. The summed E-state index contributed by atoms with van der Waals surface area (Å²) in [7, 11) is 0. The molecule has 1 aliphatic heterocycles. The summed E-state index contributed by atoms with van der Waals surface area (Å²) in [6.45, 7) is 9.63. The van der Waals surface area contributed by atoms with E-state index in [0.717, 1.165) is 45.6 Å². The lowest BCUT2D eigenvalue weighted by Gasteiger charge is -2.42. The first-order valence-corrected chi connectivity index (χ1v) is 8.86. The Hall–Kier alpha value is -0.910. The van der Waals surface area contributed by atoms with E-state index in [1.54, 1.807) is 0 Å². The molecule has 1 aromatic heterocycles. The van der Waals surface area contributed by atoms with Crippen LogP contribution in [-0.2, 0) is 13.0 Å². The first kappa shape index (κ1) is 16.0. The highest BCUT2D eigenvalue weighted by molar-refractivity contribution is 5.23. The lowest BCUT2D eigenvalue weighted by Crippen LogP contribution is -2.54. The van der Waals surface area contributed by atoms with Crippen LogP contribution in [0.5, 0.6) is 0 Å². The van der Waals surface area contributed by atoms with E-state index < -0.39 is 0 Å². The molecule has 3 rings (SSSR count). The van der Waals surface area contributed by atoms with Gasteiger partial charge in [0.1, 0.15) is 0 Å². The first-order valence-electron chi connectivity index (χ1n) is 8.86. The van der Waals surface area contributed by atoms with E-state index in [9.17, 15) is 5.11 Å². The Morgan fingerprint density at radius 1 is 1.18 bits per heavy atom. The normalized spacial score (nSPS) is 28.1. The van der Waals surface area contributed by atoms with Gasteiger partial charge in [0, 0.05) is 38.8 Å². The van der Waals surface area contributed by atoms with Gasteiger partial charge in [0.2, 0.25) is 0 Å². The molecule has 2 N–H and O–H groups in total. The lowest BCUT2D eigenvalue weighted by atomic mass is 9.91. The topological polar surface area (TPSA) is 55.4 Å². The monoisotopic (exact) mass is 306 g/mol. The van der Waals surface area contributed by atoms with E-state index >= 15 is 0 Å². The van der Waals surface area contributed by atoms with Gasteiger partial charge >= 0.3 is 0 Å². The van der Waals surface area contributed by atoms with Crippen LogP contribution in [0.15, 0.2) is 0 Å². The highest BCUT2D eigenvalue weighted by Crippen LogP contribution is 2.24. The fraction of sp³-hybridized carbons (Fsp3) is 0.824. The molecule has 2 atom stereocenters. The Kier molecular flexibility index (Phi) is 5.16. The van der Waals surface area contributed by atoms with E-state index in [0.29, 0.717) is 6.04 Å². The summed E-state index contributed by atoms with van der Waals surface area (Å²) >= 11 is 0. The van der Waals surface area contributed by atoms with Crippen LogP contribution in [-0.4, -0.2) is 63.4 Å². The summed E-state index contributed by atoms with van der Waals surface area (Å²) in [5.74, 6) is 0. The summed E-state index contributed by atoms with van der Waals surface area (Å²) in [6.07, 6.45) is 5.50. The number of piperazine rings is 1. The number of aromatic nitrogens is 2.